The number of nitrogens with zero attached hydrogens (tertiary/aromatic N) is 3. The average molecular weight is 371 g/mol. The van der Waals surface area contributed by atoms with Crippen LogP contribution in [-0.4, -0.2) is 15.8 Å². The molecule has 0 radical (unpaired) electrons. The van der Waals surface area contributed by atoms with Gasteiger partial charge in [0.05, 0.1) is 0 Å². The van der Waals surface area contributed by atoms with E-state index in [-0.39, 0.29) is 6.04 Å². The van der Waals surface area contributed by atoms with Crippen LogP contribution in [0.4, 0.5) is 10.5 Å². The van der Waals surface area contributed by atoms with Crippen molar-refractivity contribution in [2.75, 3.05) is 5.32 Å². The Kier molecular flexibility index (Phi) is 4.56. The third-order valence-electron chi connectivity index (χ3n) is 5.16. The molecule has 2 amide bonds. The van der Waals surface area contributed by atoms with E-state index in [1.807, 2.05) is 13.8 Å². The molecule has 1 aromatic carbocycles. The monoisotopic (exact) mass is 371 g/mol. The predicted octanol–water partition coefficient (Wildman–Crippen LogP) is 4.18. The first-order valence-corrected chi connectivity index (χ1v) is 10.3. The van der Waals surface area contributed by atoms with E-state index in [2.05, 4.69) is 20.8 Å². The van der Waals surface area contributed by atoms with E-state index in [9.17, 15) is 9.00 Å². The fourth-order valence-corrected chi connectivity index (χ4v) is 4.55. The van der Waals surface area contributed by atoms with Crippen LogP contribution in [0.1, 0.15) is 55.0 Å². The zero-order chi connectivity index (χ0) is 18.3. The smallest absolute Gasteiger partial charge is 0.322 e. The molecule has 26 heavy (non-hydrogen) atoms. The Labute approximate surface area is 155 Å². The third-order valence-corrected chi connectivity index (χ3v) is 6.07. The van der Waals surface area contributed by atoms with Gasteiger partial charge in [0.25, 0.3) is 0 Å². The zero-order valence-electron chi connectivity index (χ0n) is 15.1. The summed E-state index contributed by atoms with van der Waals surface area (Å²) in [6, 6.07) is 3.57. The lowest BCUT2D eigenvalue weighted by atomic mass is 9.99. The molecule has 138 valence electrons. The van der Waals surface area contributed by atoms with Gasteiger partial charge in [-0.2, -0.15) is 5.10 Å². The van der Waals surface area contributed by atoms with E-state index >= 15 is 0 Å². The number of rotatable bonds is 3. The lowest BCUT2D eigenvalue weighted by molar-refractivity contribution is 0.260. The second kappa shape index (κ2) is 6.87. The van der Waals surface area contributed by atoms with Crippen molar-refractivity contribution in [2.45, 2.75) is 63.4 Å². The van der Waals surface area contributed by atoms with Crippen molar-refractivity contribution in [3.8, 4) is 0 Å². The minimum absolute atomic E-state index is 0.170. The van der Waals surface area contributed by atoms with Gasteiger partial charge in [-0.1, -0.05) is 6.07 Å². The molecule has 1 heterocycles. The molecule has 0 fully saturated rings. The molecule has 7 heteroatoms. The fourth-order valence-electron chi connectivity index (χ4n) is 3.92. The molecule has 0 atom stereocenters. The molecular weight excluding hydrogens is 348 g/mol. The summed E-state index contributed by atoms with van der Waals surface area (Å²) < 4.78 is 17.9. The summed E-state index contributed by atoms with van der Waals surface area (Å²) in [5, 5.41) is 7.47. The lowest BCUT2D eigenvalue weighted by Crippen LogP contribution is -2.11. The van der Waals surface area contributed by atoms with Gasteiger partial charge in [0, 0.05) is 23.0 Å². The molecule has 2 aliphatic carbocycles. The number of aromatic nitrogens is 2. The molecule has 0 saturated carbocycles. The van der Waals surface area contributed by atoms with Gasteiger partial charge in [-0.3, -0.25) is 4.68 Å². The van der Waals surface area contributed by atoms with E-state index in [0.29, 0.717) is 5.03 Å². The molecule has 2 aliphatic rings. The van der Waals surface area contributed by atoms with Crippen LogP contribution in [0, 0.1) is 0 Å². The minimum Gasteiger partial charge on any atom is -0.438 e. The first kappa shape index (κ1) is 17.3. The van der Waals surface area contributed by atoms with Crippen LogP contribution >= 0.6 is 0 Å². The maximum atomic E-state index is 12.4. The van der Waals surface area contributed by atoms with Gasteiger partial charge >= 0.3 is 6.03 Å². The maximum absolute atomic E-state index is 12.4. The van der Waals surface area contributed by atoms with Crippen molar-refractivity contribution in [3.05, 3.63) is 40.6 Å². The first-order chi connectivity index (χ1) is 12.5. The van der Waals surface area contributed by atoms with Crippen molar-refractivity contribution in [2.24, 2.45) is 4.36 Å². The van der Waals surface area contributed by atoms with Gasteiger partial charge in [-0.25, -0.2) is 4.79 Å². The van der Waals surface area contributed by atoms with Crippen molar-refractivity contribution in [1.82, 2.24) is 9.78 Å². The molecular formula is C19H23N4O2S-. The van der Waals surface area contributed by atoms with Crippen LogP contribution in [0.3, 0.4) is 0 Å². The Bertz CT molecular complexity index is 922. The molecule has 0 bridgehead atoms. The largest absolute Gasteiger partial charge is 0.438 e. The molecule has 1 N–H and O–H groups in total. The predicted molar refractivity (Wildman–Crippen MR) is 101 cm³/mol. The summed E-state index contributed by atoms with van der Waals surface area (Å²) in [6.45, 7) is 3.97. The number of aryl methyl sites for hydroxylation is 2. The second-order valence-electron chi connectivity index (χ2n) is 7.23. The fraction of sp³-hybridized carbons (Fsp3) is 0.474. The highest BCUT2D eigenvalue weighted by Crippen LogP contribution is 2.38. The average Bonchev–Trinajstić information content (AvgIpc) is 3.34. The normalized spacial score (nSPS) is 16.7. The summed E-state index contributed by atoms with van der Waals surface area (Å²) in [4.78, 5) is 12.4. The molecule has 0 spiro atoms. The zero-order valence-corrected chi connectivity index (χ0v) is 15.9. The van der Waals surface area contributed by atoms with E-state index < -0.39 is 16.6 Å². The number of nitrogens with one attached hydrogen (secondary N) is 1. The molecule has 1 aromatic heterocycles. The maximum Gasteiger partial charge on any atom is 0.322 e. The van der Waals surface area contributed by atoms with Crippen LogP contribution < -0.4 is 5.32 Å². The summed E-state index contributed by atoms with van der Waals surface area (Å²) in [5.41, 5.74) is 6.09. The van der Waals surface area contributed by atoms with E-state index in [0.717, 1.165) is 44.2 Å². The quantitative estimate of drug-likeness (QED) is 0.822. The van der Waals surface area contributed by atoms with Crippen molar-refractivity contribution < 1.29 is 9.00 Å². The number of hydrogen-bond donors (Lipinski definition) is 1. The SMILES string of the molecule is CC(C)n1ccc([S-](=O)=NC(=O)Nc2c3c(cc4c2CCC4)CCC3)n1. The third kappa shape index (κ3) is 3.16. The molecule has 0 aliphatic heterocycles. The Morgan fingerprint density at radius 2 is 1.85 bits per heavy atom. The Morgan fingerprint density at radius 3 is 2.42 bits per heavy atom. The first-order valence-electron chi connectivity index (χ1n) is 9.19. The van der Waals surface area contributed by atoms with Crippen molar-refractivity contribution >= 4 is 22.3 Å². The minimum atomic E-state index is -1.80. The van der Waals surface area contributed by atoms with Crippen LogP contribution in [0.2, 0.25) is 0 Å². The summed E-state index contributed by atoms with van der Waals surface area (Å²) >= 11 is 0. The molecule has 0 saturated heterocycles. The summed E-state index contributed by atoms with van der Waals surface area (Å²) in [5.74, 6) is 0. The number of anilines is 1. The second-order valence-corrected chi connectivity index (χ2v) is 8.33. The van der Waals surface area contributed by atoms with Crippen LogP contribution in [0.25, 0.3) is 0 Å². The van der Waals surface area contributed by atoms with Gasteiger partial charge in [0.2, 0.25) is 0 Å². The number of carbonyl (C=O) groups is 1. The Balaban J connectivity index is 1.60. The van der Waals surface area contributed by atoms with Gasteiger partial charge < -0.3 is 13.9 Å². The van der Waals surface area contributed by atoms with E-state index in [1.54, 1.807) is 16.9 Å². The Hall–Kier alpha value is -2.15. The standard InChI is InChI=1S/C19H23N4O2S/c1-12(2)23-10-9-17(21-23)26(25)22-19(24)20-18-15-7-3-5-13(15)11-14-6-4-8-16(14)18/h9-12H,3-8H2,1-2H3,(H,20,24)/q-1. The van der Waals surface area contributed by atoms with Gasteiger partial charge in [-0.05, 0) is 80.7 Å². The number of amides is 2. The number of fused-ring (bicyclic) bond motifs is 2. The highest BCUT2D eigenvalue weighted by atomic mass is 32.2. The number of benzene rings is 1. The van der Waals surface area contributed by atoms with E-state index in [4.69, 9.17) is 0 Å². The lowest BCUT2D eigenvalue weighted by Gasteiger charge is -2.15. The molecule has 4 rings (SSSR count). The van der Waals surface area contributed by atoms with Crippen LogP contribution in [-0.2, 0) is 40.5 Å². The van der Waals surface area contributed by atoms with Crippen LogP contribution in [0.5, 0.6) is 0 Å². The van der Waals surface area contributed by atoms with Gasteiger partial charge in [-0.15, -0.1) is 10.6 Å². The number of carbonyl (C=O) groups excluding carboxylic acids is 1. The molecule has 0 unspecified atom stereocenters. The highest BCUT2D eigenvalue weighted by molar-refractivity contribution is 7.75. The van der Waals surface area contributed by atoms with E-state index in [1.165, 1.54) is 22.3 Å². The Morgan fingerprint density at radius 1 is 1.19 bits per heavy atom. The topological polar surface area (TPSA) is 76.3 Å². The number of hydrogen-bond acceptors (Lipinski definition) is 4. The van der Waals surface area contributed by atoms with Crippen LogP contribution in [0.15, 0.2) is 27.7 Å². The highest BCUT2D eigenvalue weighted by Gasteiger charge is 2.24. The van der Waals surface area contributed by atoms with Crippen molar-refractivity contribution in [1.29, 1.82) is 0 Å². The summed E-state index contributed by atoms with van der Waals surface area (Å²) in [6.07, 6.45) is 8.11. The van der Waals surface area contributed by atoms with Gasteiger partial charge in [0.15, 0.2) is 0 Å². The summed E-state index contributed by atoms with van der Waals surface area (Å²) in [7, 11) is -1.80. The van der Waals surface area contributed by atoms with Gasteiger partial charge in [0.1, 0.15) is 0 Å². The number of urea groups is 1. The molecule has 2 aromatic rings. The molecule has 6 nitrogen and oxygen atoms in total. The van der Waals surface area contributed by atoms with Crippen molar-refractivity contribution in [3.63, 3.8) is 0 Å².